The molecule has 0 amide bonds. The van der Waals surface area contributed by atoms with Crippen LogP contribution in [0.3, 0.4) is 0 Å². The van der Waals surface area contributed by atoms with E-state index in [-0.39, 0.29) is 6.61 Å². The van der Waals surface area contributed by atoms with Crippen molar-refractivity contribution in [2.24, 2.45) is 0 Å². The maximum atomic E-state index is 12.6. The van der Waals surface area contributed by atoms with E-state index in [4.69, 9.17) is 5.11 Å². The molecule has 100 valence electrons. The van der Waals surface area contributed by atoms with Gasteiger partial charge in [-0.2, -0.15) is 13.2 Å². The molecule has 0 fully saturated rings. The number of rotatable bonds is 3. The molecular weight excluding hydrogens is 253 g/mol. The minimum Gasteiger partial charge on any atom is -0.396 e. The highest BCUT2D eigenvalue weighted by Gasteiger charge is 2.30. The molecule has 0 heterocycles. The van der Waals surface area contributed by atoms with Crippen LogP contribution >= 0.6 is 0 Å². The summed E-state index contributed by atoms with van der Waals surface area (Å²) < 4.78 is 37.9. The topological polar surface area (TPSA) is 20.2 Å². The highest BCUT2D eigenvalue weighted by molar-refractivity contribution is 5.64. The van der Waals surface area contributed by atoms with E-state index in [1.165, 1.54) is 6.07 Å². The fourth-order valence-corrected chi connectivity index (χ4v) is 1.87. The normalized spacial score (nSPS) is 11.6. The summed E-state index contributed by atoms with van der Waals surface area (Å²) in [6.45, 7) is 0.0584. The second kappa shape index (κ2) is 5.45. The van der Waals surface area contributed by atoms with Gasteiger partial charge in [-0.05, 0) is 35.2 Å². The molecule has 19 heavy (non-hydrogen) atoms. The summed E-state index contributed by atoms with van der Waals surface area (Å²) in [5.41, 5.74) is 1.57. The van der Waals surface area contributed by atoms with E-state index in [9.17, 15) is 13.2 Å². The highest BCUT2D eigenvalue weighted by atomic mass is 19.4. The summed E-state index contributed by atoms with van der Waals surface area (Å²) in [4.78, 5) is 0. The van der Waals surface area contributed by atoms with Crippen molar-refractivity contribution in [3.8, 4) is 11.1 Å². The first kappa shape index (κ1) is 13.6. The van der Waals surface area contributed by atoms with Crippen LogP contribution in [0, 0.1) is 0 Å². The maximum Gasteiger partial charge on any atom is 0.416 e. The predicted octanol–water partition coefficient (Wildman–Crippen LogP) is 3.91. The first-order chi connectivity index (χ1) is 9.00. The van der Waals surface area contributed by atoms with Crippen LogP contribution in [0.1, 0.15) is 11.1 Å². The van der Waals surface area contributed by atoms with E-state index in [1.807, 2.05) is 12.1 Å². The summed E-state index contributed by atoms with van der Waals surface area (Å²) in [7, 11) is 0. The molecule has 2 aromatic carbocycles. The average Bonchev–Trinajstić information content (AvgIpc) is 2.39. The van der Waals surface area contributed by atoms with E-state index in [0.717, 1.165) is 23.3 Å². The molecule has 0 radical (unpaired) electrons. The van der Waals surface area contributed by atoms with Gasteiger partial charge in [0.05, 0.1) is 5.56 Å². The molecule has 0 aliphatic rings. The zero-order valence-corrected chi connectivity index (χ0v) is 10.1. The largest absolute Gasteiger partial charge is 0.416 e. The van der Waals surface area contributed by atoms with Gasteiger partial charge in [-0.3, -0.25) is 0 Å². The summed E-state index contributed by atoms with van der Waals surface area (Å²) in [6, 6.07) is 12.4. The molecule has 0 aliphatic carbocycles. The lowest BCUT2D eigenvalue weighted by molar-refractivity contribution is -0.137. The van der Waals surface area contributed by atoms with Crippen LogP contribution in [0.25, 0.3) is 11.1 Å². The first-order valence-electron chi connectivity index (χ1n) is 5.88. The summed E-state index contributed by atoms with van der Waals surface area (Å²) >= 11 is 0. The molecule has 1 nitrogen and oxygen atoms in total. The molecule has 0 aromatic heterocycles. The molecule has 0 saturated carbocycles. The van der Waals surface area contributed by atoms with Gasteiger partial charge in [0, 0.05) is 6.61 Å². The molecular formula is C15H13F3O. The molecule has 0 unspecified atom stereocenters. The number of benzene rings is 2. The fraction of sp³-hybridized carbons (Fsp3) is 0.200. The Bertz CT molecular complexity index is 544. The van der Waals surface area contributed by atoms with E-state index in [0.29, 0.717) is 12.0 Å². The Balaban J connectivity index is 2.31. The second-order valence-electron chi connectivity index (χ2n) is 4.25. The Morgan fingerprint density at radius 2 is 1.58 bits per heavy atom. The van der Waals surface area contributed by atoms with Crippen molar-refractivity contribution in [1.29, 1.82) is 0 Å². The van der Waals surface area contributed by atoms with Crippen molar-refractivity contribution in [2.45, 2.75) is 12.6 Å². The summed E-state index contributed by atoms with van der Waals surface area (Å²) in [5.74, 6) is 0. The standard InChI is InChI=1S/C15H13F3O/c16-15(17,18)14-3-1-2-13(10-14)12-6-4-11(5-7-12)8-9-19/h1-7,10,19H,8-9H2. The van der Waals surface area contributed by atoms with Gasteiger partial charge in [0.25, 0.3) is 0 Å². The lowest BCUT2D eigenvalue weighted by Gasteiger charge is -2.09. The SMILES string of the molecule is OCCc1ccc(-c2cccc(C(F)(F)F)c2)cc1. The van der Waals surface area contributed by atoms with Crippen molar-refractivity contribution in [3.63, 3.8) is 0 Å². The van der Waals surface area contributed by atoms with Crippen molar-refractivity contribution < 1.29 is 18.3 Å². The Morgan fingerprint density at radius 3 is 2.16 bits per heavy atom. The molecule has 2 aromatic rings. The van der Waals surface area contributed by atoms with Crippen molar-refractivity contribution in [3.05, 3.63) is 59.7 Å². The van der Waals surface area contributed by atoms with E-state index in [2.05, 4.69) is 0 Å². The van der Waals surface area contributed by atoms with Crippen LogP contribution in [-0.4, -0.2) is 11.7 Å². The van der Waals surface area contributed by atoms with Crippen LogP contribution < -0.4 is 0 Å². The van der Waals surface area contributed by atoms with Gasteiger partial charge < -0.3 is 5.11 Å². The number of aliphatic hydroxyl groups excluding tert-OH is 1. The van der Waals surface area contributed by atoms with E-state index < -0.39 is 11.7 Å². The monoisotopic (exact) mass is 266 g/mol. The van der Waals surface area contributed by atoms with Crippen molar-refractivity contribution in [2.75, 3.05) is 6.61 Å². The number of aliphatic hydroxyl groups is 1. The van der Waals surface area contributed by atoms with Crippen LogP contribution in [0.15, 0.2) is 48.5 Å². The number of alkyl halides is 3. The van der Waals surface area contributed by atoms with Gasteiger partial charge in [-0.1, -0.05) is 36.4 Å². The maximum absolute atomic E-state index is 12.6. The molecule has 4 heteroatoms. The molecule has 0 saturated heterocycles. The van der Waals surface area contributed by atoms with Gasteiger partial charge in [0.1, 0.15) is 0 Å². The third-order valence-corrected chi connectivity index (χ3v) is 2.88. The lowest BCUT2D eigenvalue weighted by Crippen LogP contribution is -2.04. The second-order valence-corrected chi connectivity index (χ2v) is 4.25. The lowest BCUT2D eigenvalue weighted by atomic mass is 10.0. The van der Waals surface area contributed by atoms with E-state index >= 15 is 0 Å². The molecule has 1 N–H and O–H groups in total. The zero-order valence-electron chi connectivity index (χ0n) is 10.1. The van der Waals surface area contributed by atoms with Crippen LogP contribution in [0.2, 0.25) is 0 Å². The minimum absolute atomic E-state index is 0.0584. The summed E-state index contributed by atoms with van der Waals surface area (Å²) in [6.07, 6.45) is -3.78. The third-order valence-electron chi connectivity index (χ3n) is 2.88. The predicted molar refractivity (Wildman–Crippen MR) is 67.7 cm³/mol. The number of hydrogen-bond donors (Lipinski definition) is 1. The number of halogens is 3. The Labute approximate surface area is 109 Å². The molecule has 0 bridgehead atoms. The van der Waals surface area contributed by atoms with Gasteiger partial charge >= 0.3 is 6.18 Å². The van der Waals surface area contributed by atoms with Crippen molar-refractivity contribution >= 4 is 0 Å². The Kier molecular flexibility index (Phi) is 3.90. The molecule has 0 atom stereocenters. The van der Waals surface area contributed by atoms with Crippen LogP contribution in [0.5, 0.6) is 0 Å². The first-order valence-corrected chi connectivity index (χ1v) is 5.88. The minimum atomic E-state index is -4.33. The zero-order chi connectivity index (χ0) is 13.9. The Hall–Kier alpha value is -1.81. The van der Waals surface area contributed by atoms with Crippen molar-refractivity contribution in [1.82, 2.24) is 0 Å². The van der Waals surface area contributed by atoms with Gasteiger partial charge in [0.2, 0.25) is 0 Å². The van der Waals surface area contributed by atoms with E-state index in [1.54, 1.807) is 18.2 Å². The van der Waals surface area contributed by atoms with Gasteiger partial charge in [0.15, 0.2) is 0 Å². The summed E-state index contributed by atoms with van der Waals surface area (Å²) in [5, 5.41) is 8.81. The highest BCUT2D eigenvalue weighted by Crippen LogP contribution is 2.32. The van der Waals surface area contributed by atoms with Crippen LogP contribution in [0.4, 0.5) is 13.2 Å². The average molecular weight is 266 g/mol. The molecule has 0 spiro atoms. The molecule has 0 aliphatic heterocycles. The quantitative estimate of drug-likeness (QED) is 0.893. The van der Waals surface area contributed by atoms with Gasteiger partial charge in [-0.25, -0.2) is 0 Å². The van der Waals surface area contributed by atoms with Gasteiger partial charge in [-0.15, -0.1) is 0 Å². The number of hydrogen-bond acceptors (Lipinski definition) is 1. The molecule has 2 rings (SSSR count). The fourth-order valence-electron chi connectivity index (χ4n) is 1.87. The third kappa shape index (κ3) is 3.35. The smallest absolute Gasteiger partial charge is 0.396 e. The Morgan fingerprint density at radius 1 is 0.895 bits per heavy atom. The van der Waals surface area contributed by atoms with Crippen LogP contribution in [-0.2, 0) is 12.6 Å².